The standard InChI is InChI=1S/C23H19N3O3/c27-22(25-23(11-12-23)17-8-2-1-3-9-17)19-14-18(29-26-19)15-28-20-10-4-6-16-7-5-13-24-21(16)20/h1-10,13-14H,11-12,15H2,(H,25,27). The molecule has 1 aliphatic rings. The van der Waals surface area contributed by atoms with Gasteiger partial charge in [0.1, 0.15) is 17.9 Å². The third-order valence-corrected chi connectivity index (χ3v) is 5.19. The van der Waals surface area contributed by atoms with Crippen LogP contribution in [0.4, 0.5) is 0 Å². The molecule has 0 aliphatic heterocycles. The Bertz CT molecular complexity index is 1160. The molecule has 1 aliphatic carbocycles. The summed E-state index contributed by atoms with van der Waals surface area (Å²) in [5, 5.41) is 8.01. The Kier molecular flexibility index (Phi) is 4.24. The molecule has 6 nitrogen and oxygen atoms in total. The zero-order valence-corrected chi connectivity index (χ0v) is 15.7. The van der Waals surface area contributed by atoms with Crippen LogP contribution in [0.5, 0.6) is 5.75 Å². The number of para-hydroxylation sites is 1. The zero-order valence-electron chi connectivity index (χ0n) is 15.7. The van der Waals surface area contributed by atoms with Gasteiger partial charge in [0.15, 0.2) is 11.5 Å². The Hall–Kier alpha value is -3.67. The van der Waals surface area contributed by atoms with E-state index < -0.39 is 0 Å². The number of carbonyl (C=O) groups is 1. The van der Waals surface area contributed by atoms with Crippen molar-refractivity contribution in [3.05, 3.63) is 89.9 Å². The molecule has 0 atom stereocenters. The van der Waals surface area contributed by atoms with Gasteiger partial charge in [-0.05, 0) is 30.5 Å². The highest BCUT2D eigenvalue weighted by Crippen LogP contribution is 2.45. The average Bonchev–Trinajstić information content (AvgIpc) is 3.39. The molecule has 1 amide bonds. The van der Waals surface area contributed by atoms with Crippen molar-refractivity contribution in [2.45, 2.75) is 25.0 Å². The maximum atomic E-state index is 12.7. The lowest BCUT2D eigenvalue weighted by Crippen LogP contribution is -2.35. The number of pyridine rings is 1. The first-order valence-electron chi connectivity index (χ1n) is 9.54. The van der Waals surface area contributed by atoms with Crippen molar-refractivity contribution in [1.82, 2.24) is 15.5 Å². The summed E-state index contributed by atoms with van der Waals surface area (Å²) in [6.45, 7) is 0.166. The number of nitrogens with one attached hydrogen (secondary N) is 1. The number of ether oxygens (including phenoxy) is 1. The number of fused-ring (bicyclic) bond motifs is 1. The topological polar surface area (TPSA) is 77.2 Å². The Morgan fingerprint density at radius 1 is 1.07 bits per heavy atom. The molecule has 4 aromatic rings. The molecule has 0 bridgehead atoms. The predicted octanol–water partition coefficient (Wildman–Crippen LogP) is 4.22. The second-order valence-electron chi connectivity index (χ2n) is 7.20. The molecule has 5 rings (SSSR count). The summed E-state index contributed by atoms with van der Waals surface area (Å²) >= 11 is 0. The Morgan fingerprint density at radius 3 is 2.72 bits per heavy atom. The fourth-order valence-corrected chi connectivity index (χ4v) is 3.48. The summed E-state index contributed by atoms with van der Waals surface area (Å²) in [6.07, 6.45) is 3.57. The summed E-state index contributed by atoms with van der Waals surface area (Å²) < 4.78 is 11.2. The monoisotopic (exact) mass is 385 g/mol. The highest BCUT2D eigenvalue weighted by molar-refractivity contribution is 5.93. The Labute approximate surface area is 167 Å². The smallest absolute Gasteiger partial charge is 0.274 e. The van der Waals surface area contributed by atoms with E-state index in [1.807, 2.05) is 60.7 Å². The van der Waals surface area contributed by atoms with Gasteiger partial charge in [-0.2, -0.15) is 0 Å². The van der Waals surface area contributed by atoms with E-state index in [2.05, 4.69) is 15.5 Å². The van der Waals surface area contributed by atoms with Gasteiger partial charge in [0.2, 0.25) is 0 Å². The van der Waals surface area contributed by atoms with Crippen molar-refractivity contribution >= 4 is 16.8 Å². The molecule has 6 heteroatoms. The van der Waals surface area contributed by atoms with E-state index in [0.29, 0.717) is 11.5 Å². The number of carbonyl (C=O) groups excluding carboxylic acids is 1. The molecule has 0 saturated heterocycles. The summed E-state index contributed by atoms with van der Waals surface area (Å²) in [4.78, 5) is 17.0. The molecule has 2 heterocycles. The first-order valence-corrected chi connectivity index (χ1v) is 9.54. The third-order valence-electron chi connectivity index (χ3n) is 5.19. The van der Waals surface area contributed by atoms with Crippen molar-refractivity contribution < 1.29 is 14.1 Å². The normalized spacial score (nSPS) is 14.5. The van der Waals surface area contributed by atoms with Crippen LogP contribution in [-0.2, 0) is 12.1 Å². The molecule has 144 valence electrons. The largest absolute Gasteiger partial charge is 0.483 e. The SMILES string of the molecule is O=C(NC1(c2ccccc2)CC1)c1cc(COc2cccc3cccnc23)on1. The van der Waals surface area contributed by atoms with Crippen LogP contribution in [0.25, 0.3) is 10.9 Å². The van der Waals surface area contributed by atoms with Crippen LogP contribution in [0.2, 0.25) is 0 Å². The van der Waals surface area contributed by atoms with Crippen LogP contribution in [0, 0.1) is 0 Å². The lowest BCUT2D eigenvalue weighted by molar-refractivity contribution is 0.0921. The predicted molar refractivity (Wildman–Crippen MR) is 107 cm³/mol. The second kappa shape index (κ2) is 7.05. The molecule has 0 radical (unpaired) electrons. The molecule has 1 saturated carbocycles. The zero-order chi connectivity index (χ0) is 19.7. The number of rotatable bonds is 6. The van der Waals surface area contributed by atoms with Gasteiger partial charge in [-0.25, -0.2) is 0 Å². The molecule has 29 heavy (non-hydrogen) atoms. The van der Waals surface area contributed by atoms with Crippen molar-refractivity contribution in [2.24, 2.45) is 0 Å². The summed E-state index contributed by atoms with van der Waals surface area (Å²) in [5.74, 6) is 0.896. The van der Waals surface area contributed by atoms with E-state index in [-0.39, 0.29) is 23.7 Å². The van der Waals surface area contributed by atoms with Crippen LogP contribution in [0.3, 0.4) is 0 Å². The first-order chi connectivity index (χ1) is 14.2. The van der Waals surface area contributed by atoms with Gasteiger partial charge in [0.25, 0.3) is 5.91 Å². The summed E-state index contributed by atoms with van der Waals surface area (Å²) in [6, 6.07) is 21.2. The second-order valence-corrected chi connectivity index (χ2v) is 7.20. The Balaban J connectivity index is 1.27. The average molecular weight is 385 g/mol. The van der Waals surface area contributed by atoms with Gasteiger partial charge in [0.05, 0.1) is 5.54 Å². The number of amides is 1. The van der Waals surface area contributed by atoms with Gasteiger partial charge in [-0.3, -0.25) is 9.78 Å². The van der Waals surface area contributed by atoms with Gasteiger partial charge in [0, 0.05) is 17.6 Å². The first kappa shape index (κ1) is 17.4. The molecule has 1 fully saturated rings. The number of nitrogens with zero attached hydrogens (tertiary/aromatic N) is 2. The van der Waals surface area contributed by atoms with Crippen molar-refractivity contribution in [1.29, 1.82) is 0 Å². The molecule has 0 unspecified atom stereocenters. The van der Waals surface area contributed by atoms with Crippen molar-refractivity contribution in [3.8, 4) is 5.75 Å². The van der Waals surface area contributed by atoms with E-state index in [1.54, 1.807) is 12.3 Å². The molecule has 1 N–H and O–H groups in total. The molecular weight excluding hydrogens is 366 g/mol. The fraction of sp³-hybridized carbons (Fsp3) is 0.174. The van der Waals surface area contributed by atoms with Gasteiger partial charge >= 0.3 is 0 Å². The van der Waals surface area contributed by atoms with E-state index in [9.17, 15) is 4.79 Å². The minimum absolute atomic E-state index is 0.166. The highest BCUT2D eigenvalue weighted by atomic mass is 16.5. The maximum Gasteiger partial charge on any atom is 0.274 e. The highest BCUT2D eigenvalue weighted by Gasteiger charge is 2.45. The molecule has 2 aromatic heterocycles. The van der Waals surface area contributed by atoms with Gasteiger partial charge in [-0.1, -0.05) is 53.7 Å². The summed E-state index contributed by atoms with van der Waals surface area (Å²) in [7, 11) is 0. The van der Waals surface area contributed by atoms with E-state index >= 15 is 0 Å². The van der Waals surface area contributed by atoms with E-state index in [0.717, 1.165) is 29.3 Å². The van der Waals surface area contributed by atoms with E-state index in [1.165, 1.54) is 0 Å². The lowest BCUT2D eigenvalue weighted by Gasteiger charge is -2.16. The van der Waals surface area contributed by atoms with Crippen molar-refractivity contribution in [3.63, 3.8) is 0 Å². The van der Waals surface area contributed by atoms with Gasteiger partial charge in [-0.15, -0.1) is 0 Å². The molecule has 2 aromatic carbocycles. The van der Waals surface area contributed by atoms with Crippen LogP contribution in [0.1, 0.15) is 34.7 Å². The third kappa shape index (κ3) is 3.45. The number of aromatic nitrogens is 2. The number of hydrogen-bond donors (Lipinski definition) is 1. The Morgan fingerprint density at radius 2 is 1.90 bits per heavy atom. The van der Waals surface area contributed by atoms with Crippen LogP contribution in [0.15, 0.2) is 77.4 Å². The lowest BCUT2D eigenvalue weighted by atomic mass is 10.0. The van der Waals surface area contributed by atoms with Gasteiger partial charge < -0.3 is 14.6 Å². The molecule has 0 spiro atoms. The van der Waals surface area contributed by atoms with Crippen molar-refractivity contribution in [2.75, 3.05) is 0 Å². The van der Waals surface area contributed by atoms with Crippen LogP contribution < -0.4 is 10.1 Å². The fourth-order valence-electron chi connectivity index (χ4n) is 3.48. The minimum Gasteiger partial charge on any atom is -0.483 e. The van der Waals surface area contributed by atoms with Crippen LogP contribution in [-0.4, -0.2) is 16.0 Å². The number of benzene rings is 2. The minimum atomic E-state index is -0.289. The maximum absolute atomic E-state index is 12.7. The number of hydrogen-bond acceptors (Lipinski definition) is 5. The van der Waals surface area contributed by atoms with E-state index in [4.69, 9.17) is 9.26 Å². The van der Waals surface area contributed by atoms with Crippen LogP contribution >= 0.6 is 0 Å². The quantitative estimate of drug-likeness (QED) is 0.538. The summed E-state index contributed by atoms with van der Waals surface area (Å²) in [5.41, 5.74) is 1.86. The molecular formula is C23H19N3O3.